The second-order valence-corrected chi connectivity index (χ2v) is 8.71. The highest BCUT2D eigenvalue weighted by Gasteiger charge is 2.34. The van der Waals surface area contributed by atoms with Crippen molar-refractivity contribution in [2.45, 2.75) is 13.8 Å². The monoisotopic (exact) mass is 509 g/mol. The van der Waals surface area contributed by atoms with Crippen LogP contribution in [0.5, 0.6) is 11.5 Å². The van der Waals surface area contributed by atoms with E-state index < -0.39 is 11.9 Å². The fourth-order valence-corrected chi connectivity index (χ4v) is 4.35. The van der Waals surface area contributed by atoms with E-state index >= 15 is 0 Å². The van der Waals surface area contributed by atoms with Crippen molar-refractivity contribution in [3.8, 4) is 11.5 Å². The van der Waals surface area contributed by atoms with Crippen molar-refractivity contribution < 1.29 is 28.6 Å². The number of imide groups is 1. The van der Waals surface area contributed by atoms with E-state index in [1.54, 1.807) is 6.92 Å². The number of esters is 1. The summed E-state index contributed by atoms with van der Waals surface area (Å²) in [6.07, 6.45) is 1.53. The van der Waals surface area contributed by atoms with Crippen molar-refractivity contribution in [2.75, 3.05) is 26.4 Å². The molecule has 1 aliphatic rings. The normalized spacial score (nSPS) is 14.7. The van der Waals surface area contributed by atoms with Gasteiger partial charge in [0.15, 0.2) is 12.4 Å². The molecule has 0 spiro atoms. The Balaban J connectivity index is 1.64. The minimum absolute atomic E-state index is 0.123. The third-order valence-corrected chi connectivity index (χ3v) is 5.91. The lowest BCUT2D eigenvalue weighted by molar-refractivity contribution is -0.145. The molecule has 174 valence electrons. The minimum atomic E-state index is -0.547. The van der Waals surface area contributed by atoms with Crippen molar-refractivity contribution in [1.82, 2.24) is 4.90 Å². The van der Waals surface area contributed by atoms with Crippen LogP contribution < -0.4 is 9.47 Å². The molecule has 7 nitrogen and oxygen atoms in total. The van der Waals surface area contributed by atoms with Gasteiger partial charge in [0, 0.05) is 0 Å². The third kappa shape index (κ3) is 6.66. The van der Waals surface area contributed by atoms with Crippen LogP contribution in [0.25, 0.3) is 6.08 Å². The lowest BCUT2D eigenvalue weighted by Gasteiger charge is -2.13. The molecular formula is C23H21Cl2NO6S. The highest BCUT2D eigenvalue weighted by molar-refractivity contribution is 8.18. The second kappa shape index (κ2) is 11.4. The van der Waals surface area contributed by atoms with Crippen molar-refractivity contribution in [3.63, 3.8) is 0 Å². The van der Waals surface area contributed by atoms with Crippen molar-refractivity contribution in [2.24, 2.45) is 0 Å². The van der Waals surface area contributed by atoms with Crippen LogP contribution in [-0.2, 0) is 14.3 Å². The zero-order valence-electron chi connectivity index (χ0n) is 17.9. The van der Waals surface area contributed by atoms with Gasteiger partial charge in [-0.3, -0.25) is 14.5 Å². The molecule has 1 aliphatic heterocycles. The van der Waals surface area contributed by atoms with Gasteiger partial charge in [0.25, 0.3) is 11.1 Å². The first-order chi connectivity index (χ1) is 15.8. The Kier molecular flexibility index (Phi) is 8.66. The van der Waals surface area contributed by atoms with E-state index in [1.165, 1.54) is 18.2 Å². The number of carbonyl (C=O) groups excluding carboxylic acids is 3. The maximum atomic E-state index is 12.7. The number of amides is 2. The maximum Gasteiger partial charge on any atom is 0.344 e. The summed E-state index contributed by atoms with van der Waals surface area (Å²) in [5, 5.41) is -0.0714. The Morgan fingerprint density at radius 1 is 1.09 bits per heavy atom. The number of carbonyl (C=O) groups is 3. The molecule has 1 saturated heterocycles. The van der Waals surface area contributed by atoms with Crippen LogP contribution in [0, 0.1) is 6.92 Å². The number of nitrogens with zero attached hydrogens (tertiary/aromatic N) is 1. The summed E-state index contributed by atoms with van der Waals surface area (Å²) in [6, 6.07) is 10.6. The van der Waals surface area contributed by atoms with Crippen LogP contribution in [-0.4, -0.2) is 48.4 Å². The first kappa shape index (κ1) is 25.0. The minimum Gasteiger partial charge on any atom is -0.492 e. The van der Waals surface area contributed by atoms with Gasteiger partial charge < -0.3 is 14.2 Å². The molecule has 0 saturated carbocycles. The molecule has 0 aromatic heterocycles. The second-order valence-electron chi connectivity index (χ2n) is 6.90. The van der Waals surface area contributed by atoms with Gasteiger partial charge in [-0.25, -0.2) is 4.79 Å². The average Bonchev–Trinajstić information content (AvgIpc) is 3.02. The molecule has 33 heavy (non-hydrogen) atoms. The fraction of sp³-hybridized carbons (Fsp3) is 0.261. The first-order valence-electron chi connectivity index (χ1n) is 10.0. The van der Waals surface area contributed by atoms with Gasteiger partial charge in [-0.15, -0.1) is 0 Å². The summed E-state index contributed by atoms with van der Waals surface area (Å²) in [4.78, 5) is 37.9. The highest BCUT2D eigenvalue weighted by Crippen LogP contribution is 2.37. The van der Waals surface area contributed by atoms with E-state index in [1.807, 2.05) is 31.2 Å². The predicted molar refractivity (Wildman–Crippen MR) is 128 cm³/mol. The molecule has 0 radical (unpaired) electrons. The maximum absolute atomic E-state index is 12.7. The number of thioether (sulfide) groups is 1. The summed E-state index contributed by atoms with van der Waals surface area (Å²) in [5.41, 5.74) is 1.62. The van der Waals surface area contributed by atoms with E-state index in [9.17, 15) is 14.4 Å². The number of rotatable bonds is 9. The van der Waals surface area contributed by atoms with Gasteiger partial charge in [-0.05, 0) is 61.5 Å². The Bertz CT molecular complexity index is 1060. The topological polar surface area (TPSA) is 82.1 Å². The van der Waals surface area contributed by atoms with Crippen LogP contribution >= 0.6 is 35.0 Å². The molecule has 10 heteroatoms. The number of hydrogen-bond donors (Lipinski definition) is 0. The van der Waals surface area contributed by atoms with Crippen molar-refractivity contribution >= 4 is 58.2 Å². The zero-order valence-corrected chi connectivity index (χ0v) is 20.3. The van der Waals surface area contributed by atoms with Gasteiger partial charge in [0.1, 0.15) is 12.4 Å². The van der Waals surface area contributed by atoms with Crippen LogP contribution in [0.15, 0.2) is 41.3 Å². The Morgan fingerprint density at radius 2 is 1.76 bits per heavy atom. The fourth-order valence-electron chi connectivity index (χ4n) is 2.87. The Labute approximate surface area is 205 Å². The summed E-state index contributed by atoms with van der Waals surface area (Å²) in [7, 11) is 0. The molecule has 0 bridgehead atoms. The lowest BCUT2D eigenvalue weighted by atomic mass is 10.2. The summed E-state index contributed by atoms with van der Waals surface area (Å²) >= 11 is 13.3. The van der Waals surface area contributed by atoms with E-state index in [0.29, 0.717) is 11.3 Å². The van der Waals surface area contributed by atoms with Gasteiger partial charge in [0.2, 0.25) is 0 Å². The van der Waals surface area contributed by atoms with Crippen molar-refractivity contribution in [1.29, 1.82) is 0 Å². The molecular weight excluding hydrogens is 489 g/mol. The summed E-state index contributed by atoms with van der Waals surface area (Å²) in [6.45, 7) is 3.86. The molecule has 0 unspecified atom stereocenters. The Hall–Kier alpha value is -2.68. The largest absolute Gasteiger partial charge is 0.492 e. The van der Waals surface area contributed by atoms with Gasteiger partial charge in [-0.1, -0.05) is 40.9 Å². The van der Waals surface area contributed by atoms with E-state index in [-0.39, 0.29) is 52.3 Å². The smallest absolute Gasteiger partial charge is 0.344 e. The van der Waals surface area contributed by atoms with Gasteiger partial charge in [-0.2, -0.15) is 0 Å². The van der Waals surface area contributed by atoms with Gasteiger partial charge in [0.05, 0.1) is 28.1 Å². The molecule has 3 rings (SSSR count). The highest BCUT2D eigenvalue weighted by atomic mass is 35.5. The van der Waals surface area contributed by atoms with Crippen molar-refractivity contribution in [3.05, 3.63) is 62.5 Å². The van der Waals surface area contributed by atoms with Crippen LogP contribution in [0.4, 0.5) is 4.79 Å². The molecule has 0 aliphatic carbocycles. The number of hydrogen-bond acceptors (Lipinski definition) is 7. The Morgan fingerprint density at radius 3 is 2.39 bits per heavy atom. The van der Waals surface area contributed by atoms with Crippen LogP contribution in [0.1, 0.15) is 18.1 Å². The number of ether oxygens (including phenoxy) is 3. The number of aryl methyl sites for hydroxylation is 1. The molecule has 0 N–H and O–H groups in total. The molecule has 2 aromatic rings. The molecule has 2 aromatic carbocycles. The van der Waals surface area contributed by atoms with Crippen LogP contribution in [0.3, 0.4) is 0 Å². The standard InChI is InChI=1S/C23H21Cl2NO6S/c1-3-30-20(27)13-32-21-17(24)10-15(11-18(21)25)12-19-22(28)26(23(29)33-19)8-9-31-16-6-4-14(2)5-7-16/h4-7,10-12H,3,8-9,13H2,1-2H3/b19-12-. The summed E-state index contributed by atoms with van der Waals surface area (Å²) < 4.78 is 15.8. The first-order valence-corrected chi connectivity index (χ1v) is 11.6. The van der Waals surface area contributed by atoms with E-state index in [2.05, 4.69) is 0 Å². The number of halogens is 2. The van der Waals surface area contributed by atoms with E-state index in [0.717, 1.165) is 22.2 Å². The predicted octanol–water partition coefficient (Wildman–Crippen LogP) is 5.36. The third-order valence-electron chi connectivity index (χ3n) is 4.44. The number of benzene rings is 2. The van der Waals surface area contributed by atoms with Gasteiger partial charge >= 0.3 is 5.97 Å². The summed E-state index contributed by atoms with van der Waals surface area (Å²) in [5.74, 6) is -0.177. The molecule has 2 amide bonds. The quantitative estimate of drug-likeness (QED) is 0.332. The zero-order chi connectivity index (χ0) is 24.0. The molecule has 0 atom stereocenters. The van der Waals surface area contributed by atoms with Crippen LogP contribution in [0.2, 0.25) is 10.0 Å². The average molecular weight is 510 g/mol. The van der Waals surface area contributed by atoms with E-state index in [4.69, 9.17) is 37.4 Å². The molecule has 1 heterocycles. The lowest BCUT2D eigenvalue weighted by Crippen LogP contribution is -2.32. The molecule has 1 fully saturated rings. The SMILES string of the molecule is CCOC(=O)COc1c(Cl)cc(/C=C2\SC(=O)N(CCOc3ccc(C)cc3)C2=O)cc1Cl.